The number of rotatable bonds is 4. The topological polar surface area (TPSA) is 78.9 Å². The molecule has 0 bridgehead atoms. The number of thiocarbonyl (C=S) groups is 1. The van der Waals surface area contributed by atoms with E-state index in [1.807, 2.05) is 0 Å². The van der Waals surface area contributed by atoms with Crippen LogP contribution < -0.4 is 10.1 Å². The van der Waals surface area contributed by atoms with E-state index in [4.69, 9.17) is 17.0 Å². The van der Waals surface area contributed by atoms with Crippen LogP contribution in [0.15, 0.2) is 34.8 Å². The maximum Gasteiger partial charge on any atom is 0.265 e. The second-order valence-electron chi connectivity index (χ2n) is 4.57. The maximum atomic E-state index is 12.4. The van der Waals surface area contributed by atoms with Gasteiger partial charge in [0.1, 0.15) is 5.57 Å². The number of halogens is 1. The van der Waals surface area contributed by atoms with Gasteiger partial charge in [0.2, 0.25) is 0 Å². The van der Waals surface area contributed by atoms with Crippen molar-refractivity contribution in [2.45, 2.75) is 0 Å². The molecule has 8 heteroatoms. The van der Waals surface area contributed by atoms with Crippen LogP contribution in [0, 0.1) is 0 Å². The summed E-state index contributed by atoms with van der Waals surface area (Å²) in [6, 6.07) is 3.13. The Bertz CT molecular complexity index is 745. The van der Waals surface area contributed by atoms with Gasteiger partial charge in [-0.2, -0.15) is 0 Å². The monoisotopic (exact) mass is 396 g/mol. The lowest BCUT2D eigenvalue weighted by Gasteiger charge is -2.27. The first kappa shape index (κ1) is 17.2. The van der Waals surface area contributed by atoms with Crippen LogP contribution in [-0.4, -0.2) is 40.6 Å². The zero-order valence-electron chi connectivity index (χ0n) is 12.1. The lowest BCUT2D eigenvalue weighted by atomic mass is 10.1. The fraction of sp³-hybridized carbons (Fsp3) is 0.133. The average molecular weight is 397 g/mol. The Morgan fingerprint density at radius 1 is 1.48 bits per heavy atom. The van der Waals surface area contributed by atoms with Gasteiger partial charge in [0, 0.05) is 16.6 Å². The fourth-order valence-corrected chi connectivity index (χ4v) is 2.71. The first-order valence-corrected chi connectivity index (χ1v) is 7.65. The van der Waals surface area contributed by atoms with E-state index in [-0.39, 0.29) is 34.3 Å². The highest BCUT2D eigenvalue weighted by Crippen LogP contribution is 2.35. The largest absolute Gasteiger partial charge is 0.504 e. The Balaban J connectivity index is 2.51. The van der Waals surface area contributed by atoms with Crippen molar-refractivity contribution in [3.63, 3.8) is 0 Å². The minimum atomic E-state index is -0.626. The van der Waals surface area contributed by atoms with Gasteiger partial charge < -0.3 is 9.84 Å². The van der Waals surface area contributed by atoms with E-state index < -0.39 is 11.8 Å². The number of hydrogen-bond donors (Lipinski definition) is 2. The van der Waals surface area contributed by atoms with Gasteiger partial charge in [-0.05, 0) is 30.4 Å². The highest BCUT2D eigenvalue weighted by molar-refractivity contribution is 9.10. The lowest BCUT2D eigenvalue weighted by molar-refractivity contribution is -0.128. The van der Waals surface area contributed by atoms with Crippen molar-refractivity contribution in [1.82, 2.24) is 10.2 Å². The molecule has 1 saturated heterocycles. The molecular weight excluding hydrogens is 384 g/mol. The quantitative estimate of drug-likeness (QED) is 0.352. The molecule has 1 aromatic carbocycles. The van der Waals surface area contributed by atoms with Crippen LogP contribution in [0.4, 0.5) is 0 Å². The average Bonchev–Trinajstić information content (AvgIpc) is 2.50. The van der Waals surface area contributed by atoms with Crippen molar-refractivity contribution in [3.05, 3.63) is 40.4 Å². The summed E-state index contributed by atoms with van der Waals surface area (Å²) < 4.78 is 5.67. The molecule has 0 unspecified atom stereocenters. The van der Waals surface area contributed by atoms with E-state index in [2.05, 4.69) is 27.8 Å². The highest BCUT2D eigenvalue weighted by atomic mass is 79.9. The fourth-order valence-electron chi connectivity index (χ4n) is 2.00. The Hall–Kier alpha value is -2.19. The SMILES string of the molecule is C=CCN1C(=O)C(=Cc2cc(Br)cc(OC)c2O)C(=O)NC1=S. The zero-order valence-corrected chi connectivity index (χ0v) is 14.5. The number of carbonyl (C=O) groups excluding carboxylic acids is 2. The molecule has 1 aromatic rings. The number of hydrogen-bond acceptors (Lipinski definition) is 5. The first-order chi connectivity index (χ1) is 10.9. The predicted molar refractivity (Wildman–Crippen MR) is 93.0 cm³/mol. The molecule has 1 aliphatic rings. The number of benzene rings is 1. The number of phenols is 1. The predicted octanol–water partition coefficient (Wildman–Crippen LogP) is 1.98. The summed E-state index contributed by atoms with van der Waals surface area (Å²) in [6.07, 6.45) is 2.79. The number of methoxy groups -OCH3 is 1. The molecule has 1 fully saturated rings. The summed E-state index contributed by atoms with van der Waals surface area (Å²) in [6.45, 7) is 3.72. The third-order valence-corrected chi connectivity index (χ3v) is 3.87. The number of amides is 2. The minimum absolute atomic E-state index is 0.0214. The lowest BCUT2D eigenvalue weighted by Crippen LogP contribution is -2.53. The molecule has 2 rings (SSSR count). The Morgan fingerprint density at radius 2 is 2.17 bits per heavy atom. The molecule has 1 heterocycles. The molecule has 0 radical (unpaired) electrons. The van der Waals surface area contributed by atoms with Gasteiger partial charge in [0.15, 0.2) is 16.6 Å². The van der Waals surface area contributed by atoms with E-state index in [0.29, 0.717) is 4.47 Å². The number of nitrogens with zero attached hydrogens (tertiary/aromatic N) is 1. The van der Waals surface area contributed by atoms with Crippen molar-refractivity contribution in [1.29, 1.82) is 0 Å². The molecule has 0 atom stereocenters. The highest BCUT2D eigenvalue weighted by Gasteiger charge is 2.32. The number of aromatic hydroxyl groups is 1. The minimum Gasteiger partial charge on any atom is -0.504 e. The van der Waals surface area contributed by atoms with Crippen LogP contribution in [0.1, 0.15) is 5.56 Å². The third kappa shape index (κ3) is 3.43. The summed E-state index contributed by atoms with van der Waals surface area (Å²) >= 11 is 8.25. The van der Waals surface area contributed by atoms with Crippen LogP contribution in [0.2, 0.25) is 0 Å². The van der Waals surface area contributed by atoms with Crippen molar-refractivity contribution in [2.75, 3.05) is 13.7 Å². The molecule has 1 aliphatic heterocycles. The number of ether oxygens (including phenoxy) is 1. The van der Waals surface area contributed by atoms with Crippen LogP contribution >= 0.6 is 28.1 Å². The molecule has 6 nitrogen and oxygen atoms in total. The molecule has 2 N–H and O–H groups in total. The van der Waals surface area contributed by atoms with Crippen molar-refractivity contribution in [3.8, 4) is 11.5 Å². The van der Waals surface area contributed by atoms with Gasteiger partial charge >= 0.3 is 0 Å². The summed E-state index contributed by atoms with van der Waals surface area (Å²) in [7, 11) is 1.40. The molecule has 23 heavy (non-hydrogen) atoms. The van der Waals surface area contributed by atoms with E-state index in [1.165, 1.54) is 24.2 Å². The summed E-state index contributed by atoms with van der Waals surface area (Å²) in [4.78, 5) is 25.7. The van der Waals surface area contributed by atoms with Gasteiger partial charge in [0.05, 0.1) is 7.11 Å². The van der Waals surface area contributed by atoms with E-state index in [9.17, 15) is 14.7 Å². The molecule has 0 saturated carbocycles. The normalized spacial score (nSPS) is 16.5. The smallest absolute Gasteiger partial charge is 0.265 e. The number of carbonyl (C=O) groups is 2. The van der Waals surface area contributed by atoms with Gasteiger partial charge in [-0.15, -0.1) is 6.58 Å². The Morgan fingerprint density at radius 3 is 2.78 bits per heavy atom. The van der Waals surface area contributed by atoms with Crippen LogP contribution in [-0.2, 0) is 9.59 Å². The second-order valence-corrected chi connectivity index (χ2v) is 5.87. The van der Waals surface area contributed by atoms with Crippen molar-refractivity contribution >= 4 is 51.2 Å². The summed E-state index contributed by atoms with van der Waals surface area (Å²) in [5, 5.41) is 12.6. The summed E-state index contributed by atoms with van der Waals surface area (Å²) in [5.74, 6) is -1.14. The van der Waals surface area contributed by atoms with Crippen molar-refractivity contribution < 1.29 is 19.4 Å². The van der Waals surface area contributed by atoms with Crippen LogP contribution in [0.25, 0.3) is 6.08 Å². The third-order valence-electron chi connectivity index (χ3n) is 3.09. The number of phenolic OH excluding ortho intramolecular Hbond substituents is 1. The molecule has 2 amide bonds. The number of nitrogens with one attached hydrogen (secondary N) is 1. The second kappa shape index (κ2) is 6.93. The van der Waals surface area contributed by atoms with Gasteiger partial charge in [-0.25, -0.2) is 0 Å². The van der Waals surface area contributed by atoms with E-state index in [1.54, 1.807) is 12.1 Å². The Kier molecular flexibility index (Phi) is 5.17. The molecule has 0 aliphatic carbocycles. The van der Waals surface area contributed by atoms with Gasteiger partial charge in [-0.1, -0.05) is 22.0 Å². The standard InChI is InChI=1S/C15H13BrN2O4S/c1-3-4-18-14(21)10(13(20)17-15(18)23)6-8-5-9(16)7-11(22-2)12(8)19/h3,5-7,19H,1,4H2,2H3,(H,17,20,23). The van der Waals surface area contributed by atoms with Crippen molar-refractivity contribution in [2.24, 2.45) is 0 Å². The van der Waals surface area contributed by atoms with E-state index >= 15 is 0 Å². The Labute approximate surface area is 146 Å². The molecule has 0 aromatic heterocycles. The summed E-state index contributed by atoms with van der Waals surface area (Å²) in [5.41, 5.74) is 0.122. The molecule has 120 valence electrons. The molecule has 0 spiro atoms. The first-order valence-electron chi connectivity index (χ1n) is 6.45. The van der Waals surface area contributed by atoms with Crippen LogP contribution in [0.5, 0.6) is 11.5 Å². The zero-order chi connectivity index (χ0) is 17.1. The molecular formula is C15H13BrN2O4S. The van der Waals surface area contributed by atoms with E-state index in [0.717, 1.165) is 0 Å². The van der Waals surface area contributed by atoms with Crippen LogP contribution in [0.3, 0.4) is 0 Å². The van der Waals surface area contributed by atoms with Gasteiger partial charge in [-0.3, -0.25) is 19.8 Å². The maximum absolute atomic E-state index is 12.4. The van der Waals surface area contributed by atoms with Gasteiger partial charge in [0.25, 0.3) is 11.8 Å².